The van der Waals surface area contributed by atoms with Gasteiger partial charge in [-0.2, -0.15) is 0 Å². The minimum absolute atomic E-state index is 0.104. The van der Waals surface area contributed by atoms with Crippen LogP contribution in [0.15, 0.2) is 35.0 Å². The molecule has 0 saturated carbocycles. The first-order valence-corrected chi connectivity index (χ1v) is 15.0. The maximum absolute atomic E-state index is 13.2. The van der Waals surface area contributed by atoms with Crippen LogP contribution in [0.5, 0.6) is 0 Å². The number of halogens is 3. The highest BCUT2D eigenvalue weighted by atomic mass is 79.9. The molecule has 9 heteroatoms. The molecule has 2 N–H and O–H groups in total. The highest BCUT2D eigenvalue weighted by molar-refractivity contribution is 9.09. The van der Waals surface area contributed by atoms with E-state index >= 15 is 0 Å². The zero-order valence-electron chi connectivity index (χ0n) is 21.3. The number of fused-ring (bicyclic) bond motifs is 2. The average molecular weight is 610 g/mol. The summed E-state index contributed by atoms with van der Waals surface area (Å²) in [4.78, 5) is 33.3. The summed E-state index contributed by atoms with van der Waals surface area (Å²) in [5.74, 6) is 1.16. The molecule has 5 rings (SSSR count). The Balaban J connectivity index is 1.31. The van der Waals surface area contributed by atoms with E-state index in [4.69, 9.17) is 33.9 Å². The van der Waals surface area contributed by atoms with Crippen LogP contribution in [0.2, 0.25) is 5.02 Å². The number of hydrogen-bond donors (Lipinski definition) is 1. The molecule has 37 heavy (non-hydrogen) atoms. The van der Waals surface area contributed by atoms with Gasteiger partial charge in [-0.1, -0.05) is 57.7 Å². The first-order valence-electron chi connectivity index (χ1n) is 13.4. The number of pyridine rings is 1. The number of likely N-dealkylation sites (tertiary alicyclic amines) is 2. The predicted molar refractivity (Wildman–Crippen MR) is 151 cm³/mol. The van der Waals surface area contributed by atoms with Gasteiger partial charge in [0.15, 0.2) is 0 Å². The van der Waals surface area contributed by atoms with E-state index in [1.54, 1.807) is 11.1 Å². The zero-order valence-corrected chi connectivity index (χ0v) is 24.4. The standard InChI is InChI=1S/C28H35BrCl2N4O2/c1-28-20(14-21(30)15-23(28)29)3-2-19-13-22(31)16-33-26(19)25(28)18-6-10-34(11-7-18)24(36)12-17-4-8-35(9-5-17)27(32)37/h13-18,23,25H,2-12H2,1H3,(H2,32,37)/t23?,25-,28?/m0/s1. The van der Waals surface area contributed by atoms with Crippen LogP contribution >= 0.6 is 39.1 Å². The van der Waals surface area contributed by atoms with E-state index in [2.05, 4.69) is 41.1 Å². The molecule has 2 aliphatic heterocycles. The first-order chi connectivity index (χ1) is 17.7. The van der Waals surface area contributed by atoms with Gasteiger partial charge in [0.05, 0.1) is 5.02 Å². The van der Waals surface area contributed by atoms with Crippen molar-refractivity contribution >= 4 is 51.1 Å². The van der Waals surface area contributed by atoms with Crippen molar-refractivity contribution in [3.05, 3.63) is 51.3 Å². The summed E-state index contributed by atoms with van der Waals surface area (Å²) in [7, 11) is 0. The van der Waals surface area contributed by atoms with E-state index in [1.165, 1.54) is 11.1 Å². The minimum atomic E-state index is -0.364. The fraction of sp³-hybridized carbons (Fsp3) is 0.607. The number of nitrogens with two attached hydrogens (primary N) is 1. The Kier molecular flexibility index (Phi) is 7.95. The summed E-state index contributed by atoms with van der Waals surface area (Å²) in [6.45, 7) is 5.18. The summed E-state index contributed by atoms with van der Waals surface area (Å²) in [5, 5.41) is 1.46. The van der Waals surface area contributed by atoms with Crippen molar-refractivity contribution in [2.75, 3.05) is 26.2 Å². The van der Waals surface area contributed by atoms with Gasteiger partial charge in [-0.05, 0) is 68.1 Å². The molecular weight excluding hydrogens is 575 g/mol. The molecule has 3 amide bonds. The summed E-state index contributed by atoms with van der Waals surface area (Å²) in [6, 6.07) is 1.72. The second-order valence-corrected chi connectivity index (χ2v) is 13.1. The molecule has 0 radical (unpaired) electrons. The number of piperidine rings is 2. The van der Waals surface area contributed by atoms with Gasteiger partial charge >= 0.3 is 6.03 Å². The molecule has 1 aromatic heterocycles. The Morgan fingerprint density at radius 1 is 1.11 bits per heavy atom. The number of amides is 3. The number of carbonyl (C=O) groups excluding carboxylic acids is 2. The van der Waals surface area contributed by atoms with Crippen LogP contribution in [0.1, 0.15) is 62.6 Å². The lowest BCUT2D eigenvalue weighted by Gasteiger charge is -2.48. The number of aryl methyl sites for hydroxylation is 1. The predicted octanol–water partition coefficient (Wildman–Crippen LogP) is 6.02. The number of urea groups is 1. The lowest BCUT2D eigenvalue weighted by molar-refractivity contribution is -0.134. The Morgan fingerprint density at radius 2 is 1.78 bits per heavy atom. The second kappa shape index (κ2) is 10.9. The summed E-state index contributed by atoms with van der Waals surface area (Å²) >= 11 is 16.9. The van der Waals surface area contributed by atoms with E-state index in [0.717, 1.165) is 62.3 Å². The van der Waals surface area contributed by atoms with Gasteiger partial charge in [0.2, 0.25) is 5.91 Å². The molecular formula is C28H35BrCl2N4O2. The van der Waals surface area contributed by atoms with Crippen molar-refractivity contribution in [1.82, 2.24) is 14.8 Å². The normalized spacial score (nSPS) is 29.1. The number of rotatable bonds is 3. The van der Waals surface area contributed by atoms with Crippen LogP contribution in [0.4, 0.5) is 4.79 Å². The van der Waals surface area contributed by atoms with E-state index in [1.807, 2.05) is 4.90 Å². The molecule has 6 nitrogen and oxygen atoms in total. The number of primary amides is 1. The lowest BCUT2D eigenvalue weighted by Crippen LogP contribution is -2.46. The minimum Gasteiger partial charge on any atom is -0.351 e. The highest BCUT2D eigenvalue weighted by Gasteiger charge is 2.50. The number of carbonyl (C=O) groups is 2. The van der Waals surface area contributed by atoms with Crippen LogP contribution in [0.25, 0.3) is 0 Å². The van der Waals surface area contributed by atoms with Crippen LogP contribution in [-0.2, 0) is 11.2 Å². The maximum atomic E-state index is 13.2. The SMILES string of the molecule is CC12C(=CC(Cl)=CC1Br)CCc1cc(Cl)cnc1[C@@H]2C1CCN(C(=O)CC2CCN(C(N)=O)CC2)CC1. The van der Waals surface area contributed by atoms with Crippen molar-refractivity contribution in [1.29, 1.82) is 0 Å². The third-order valence-corrected chi connectivity index (χ3v) is 10.9. The molecule has 4 aliphatic rings. The third kappa shape index (κ3) is 5.33. The number of allylic oxidation sites excluding steroid dienone is 4. The lowest BCUT2D eigenvalue weighted by atomic mass is 9.60. The molecule has 2 aliphatic carbocycles. The molecule has 2 fully saturated rings. The molecule has 3 atom stereocenters. The molecule has 2 saturated heterocycles. The molecule has 1 aromatic rings. The Morgan fingerprint density at radius 3 is 2.46 bits per heavy atom. The van der Waals surface area contributed by atoms with Crippen molar-refractivity contribution in [3.63, 3.8) is 0 Å². The van der Waals surface area contributed by atoms with Gasteiger partial charge < -0.3 is 15.5 Å². The molecule has 0 aromatic carbocycles. The van der Waals surface area contributed by atoms with Gasteiger partial charge in [-0.15, -0.1) is 0 Å². The smallest absolute Gasteiger partial charge is 0.314 e. The van der Waals surface area contributed by atoms with Crippen molar-refractivity contribution in [3.8, 4) is 0 Å². The Labute approximate surface area is 237 Å². The number of hydrogen-bond acceptors (Lipinski definition) is 3. The third-order valence-electron chi connectivity index (χ3n) is 9.21. The average Bonchev–Trinajstić information content (AvgIpc) is 2.99. The van der Waals surface area contributed by atoms with Crippen LogP contribution in [0, 0.1) is 17.3 Å². The highest BCUT2D eigenvalue weighted by Crippen LogP contribution is 2.58. The maximum Gasteiger partial charge on any atom is 0.314 e. The number of aromatic nitrogens is 1. The largest absolute Gasteiger partial charge is 0.351 e. The van der Waals surface area contributed by atoms with Gasteiger partial charge in [0.1, 0.15) is 0 Å². The van der Waals surface area contributed by atoms with E-state index in [0.29, 0.717) is 36.4 Å². The first kappa shape index (κ1) is 27.0. The van der Waals surface area contributed by atoms with Gasteiger partial charge in [0.25, 0.3) is 0 Å². The second-order valence-electron chi connectivity index (χ2n) is 11.3. The Hall–Kier alpha value is -1.57. The van der Waals surface area contributed by atoms with Gasteiger partial charge in [-0.25, -0.2) is 4.79 Å². The molecule has 200 valence electrons. The quantitative estimate of drug-likeness (QED) is 0.426. The van der Waals surface area contributed by atoms with Crippen LogP contribution in [-0.4, -0.2) is 57.7 Å². The van der Waals surface area contributed by atoms with Crippen molar-refractivity contribution in [2.24, 2.45) is 23.0 Å². The molecule has 2 unspecified atom stereocenters. The van der Waals surface area contributed by atoms with E-state index in [-0.39, 0.29) is 28.1 Å². The summed E-state index contributed by atoms with van der Waals surface area (Å²) in [6.07, 6.45) is 12.0. The fourth-order valence-corrected chi connectivity index (χ4v) is 8.48. The fourth-order valence-electron chi connectivity index (χ4n) is 7.03. The monoisotopic (exact) mass is 608 g/mol. The van der Waals surface area contributed by atoms with Crippen molar-refractivity contribution in [2.45, 2.75) is 62.6 Å². The van der Waals surface area contributed by atoms with Crippen LogP contribution in [0.3, 0.4) is 0 Å². The molecule has 0 spiro atoms. The number of nitrogens with zero attached hydrogens (tertiary/aromatic N) is 3. The summed E-state index contributed by atoms with van der Waals surface area (Å²) < 4.78 is 0. The van der Waals surface area contributed by atoms with E-state index in [9.17, 15) is 9.59 Å². The van der Waals surface area contributed by atoms with Gasteiger partial charge in [0, 0.05) is 65.7 Å². The molecule has 0 bridgehead atoms. The van der Waals surface area contributed by atoms with Gasteiger partial charge in [-0.3, -0.25) is 9.78 Å². The van der Waals surface area contributed by atoms with Crippen LogP contribution < -0.4 is 5.73 Å². The zero-order chi connectivity index (χ0) is 26.3. The molecule has 3 heterocycles. The van der Waals surface area contributed by atoms with Crippen molar-refractivity contribution < 1.29 is 9.59 Å². The topological polar surface area (TPSA) is 79.5 Å². The number of alkyl halides is 1. The van der Waals surface area contributed by atoms with E-state index < -0.39 is 0 Å². The Bertz CT molecular complexity index is 1130. The summed E-state index contributed by atoms with van der Waals surface area (Å²) in [5.41, 5.74) is 8.99.